The van der Waals surface area contributed by atoms with Crippen molar-refractivity contribution in [3.05, 3.63) is 71.6 Å². The lowest BCUT2D eigenvalue weighted by Crippen LogP contribution is -2.33. The Morgan fingerprint density at radius 3 is 2.46 bits per heavy atom. The van der Waals surface area contributed by atoms with Crippen LogP contribution < -0.4 is 5.32 Å². The van der Waals surface area contributed by atoms with Crippen LogP contribution in [0.1, 0.15) is 54.0 Å². The topological polar surface area (TPSA) is 77.0 Å². The second-order valence-corrected chi connectivity index (χ2v) is 8.41. The summed E-state index contributed by atoms with van der Waals surface area (Å²) in [6.45, 7) is 3.57. The summed E-state index contributed by atoms with van der Waals surface area (Å²) in [6, 6.07) is 4.01. The minimum Gasteiger partial charge on any atom is -0.368 e. The molecule has 1 aliphatic heterocycles. The largest absolute Gasteiger partial charge is 0.415 e. The van der Waals surface area contributed by atoms with E-state index in [0.717, 1.165) is 18.2 Å². The molecule has 2 aromatic heterocycles. The van der Waals surface area contributed by atoms with Gasteiger partial charge >= 0.3 is 6.18 Å². The Kier molecular flexibility index (Phi) is 6.79. The number of hydrogen-bond acceptors (Lipinski definition) is 5. The summed E-state index contributed by atoms with van der Waals surface area (Å²) in [7, 11) is 0. The SMILES string of the molecule is CC(C)c1ncc(C(=O)Nc2c(-c3cc(F)ccc3F)ccnc2[C@@H]2CCO[C@H]2C(F)(F)F)cn1. The van der Waals surface area contributed by atoms with Crippen LogP contribution in [0.25, 0.3) is 11.1 Å². The second kappa shape index (κ2) is 9.65. The van der Waals surface area contributed by atoms with Crippen molar-refractivity contribution in [2.24, 2.45) is 0 Å². The summed E-state index contributed by atoms with van der Waals surface area (Å²) in [5.74, 6) is -3.06. The Hall–Kier alpha value is -3.47. The quantitative estimate of drug-likeness (QED) is 0.468. The highest BCUT2D eigenvalue weighted by atomic mass is 19.4. The van der Waals surface area contributed by atoms with Gasteiger partial charge in [-0.25, -0.2) is 18.7 Å². The zero-order chi connectivity index (χ0) is 25.3. The zero-order valence-electron chi connectivity index (χ0n) is 18.7. The number of pyridine rings is 1. The number of anilines is 1. The van der Waals surface area contributed by atoms with Crippen LogP contribution in [0.4, 0.5) is 27.6 Å². The van der Waals surface area contributed by atoms with Gasteiger partial charge in [0.2, 0.25) is 0 Å². The number of nitrogens with zero attached hydrogens (tertiary/aromatic N) is 3. The predicted octanol–water partition coefficient (Wildman–Crippen LogP) is 5.63. The molecule has 35 heavy (non-hydrogen) atoms. The number of hydrogen-bond donors (Lipinski definition) is 1. The van der Waals surface area contributed by atoms with Crippen LogP contribution in [0.3, 0.4) is 0 Å². The standard InChI is InChI=1S/C24H21F5N4O2/c1-12(2)22-31-10-13(11-32-22)23(34)33-20-15(17-9-14(25)3-4-18(17)26)5-7-30-19(20)16-6-8-35-21(16)24(27,28)29/h3-5,7,9-12,16,21H,6,8H2,1-2H3,(H,33,34)/t16-,21+/m0/s1. The van der Waals surface area contributed by atoms with Crippen LogP contribution in [0.5, 0.6) is 0 Å². The number of carbonyl (C=O) groups is 1. The van der Waals surface area contributed by atoms with E-state index >= 15 is 0 Å². The first kappa shape index (κ1) is 24.6. The molecule has 0 bridgehead atoms. The van der Waals surface area contributed by atoms with E-state index < -0.39 is 35.7 Å². The molecule has 184 valence electrons. The second-order valence-electron chi connectivity index (χ2n) is 8.41. The molecular formula is C24H21F5N4O2. The van der Waals surface area contributed by atoms with Gasteiger partial charge in [-0.2, -0.15) is 13.2 Å². The average Bonchev–Trinajstić information content (AvgIpc) is 3.31. The molecule has 1 saturated heterocycles. The lowest BCUT2D eigenvalue weighted by Gasteiger charge is -2.24. The first-order valence-electron chi connectivity index (χ1n) is 10.8. The van der Waals surface area contributed by atoms with Crippen LogP contribution in [0, 0.1) is 11.6 Å². The highest BCUT2D eigenvalue weighted by Gasteiger charge is 2.50. The summed E-state index contributed by atoms with van der Waals surface area (Å²) >= 11 is 0. The van der Waals surface area contributed by atoms with Gasteiger partial charge in [0, 0.05) is 48.2 Å². The van der Waals surface area contributed by atoms with Crippen molar-refractivity contribution in [3.8, 4) is 11.1 Å². The van der Waals surface area contributed by atoms with Gasteiger partial charge in [-0.15, -0.1) is 0 Å². The van der Waals surface area contributed by atoms with Crippen LogP contribution in [0.15, 0.2) is 42.9 Å². The van der Waals surface area contributed by atoms with E-state index in [9.17, 15) is 26.7 Å². The number of amides is 1. The molecule has 1 N–H and O–H groups in total. The first-order chi connectivity index (χ1) is 16.6. The van der Waals surface area contributed by atoms with Crippen molar-refractivity contribution in [2.75, 3.05) is 11.9 Å². The third-order valence-electron chi connectivity index (χ3n) is 5.65. The van der Waals surface area contributed by atoms with Gasteiger partial charge in [0.1, 0.15) is 17.5 Å². The van der Waals surface area contributed by atoms with Gasteiger partial charge in [0.15, 0.2) is 6.10 Å². The molecule has 1 fully saturated rings. The number of benzene rings is 1. The van der Waals surface area contributed by atoms with E-state index in [1.807, 2.05) is 13.8 Å². The van der Waals surface area contributed by atoms with Gasteiger partial charge in [-0.1, -0.05) is 13.8 Å². The maximum atomic E-state index is 14.7. The Morgan fingerprint density at radius 2 is 1.80 bits per heavy atom. The van der Waals surface area contributed by atoms with Crippen molar-refractivity contribution in [2.45, 2.75) is 44.4 Å². The fraction of sp³-hybridized carbons (Fsp3) is 0.333. The normalized spacial score (nSPS) is 18.2. The maximum Gasteiger partial charge on any atom is 0.415 e. The molecule has 1 amide bonds. The third-order valence-corrected chi connectivity index (χ3v) is 5.65. The number of aromatic nitrogens is 3. The van der Waals surface area contributed by atoms with Crippen molar-refractivity contribution in [1.29, 1.82) is 0 Å². The number of halogens is 5. The Bertz CT molecular complexity index is 1230. The molecule has 0 spiro atoms. The number of ether oxygens (including phenoxy) is 1. The van der Waals surface area contributed by atoms with Crippen molar-refractivity contribution in [1.82, 2.24) is 15.0 Å². The van der Waals surface area contributed by atoms with Crippen LogP contribution in [0.2, 0.25) is 0 Å². The summed E-state index contributed by atoms with van der Waals surface area (Å²) in [5.41, 5.74) is -0.533. The Labute approximate surface area is 197 Å². The van der Waals surface area contributed by atoms with E-state index in [1.165, 1.54) is 24.7 Å². The molecule has 1 aromatic carbocycles. The maximum absolute atomic E-state index is 14.7. The fourth-order valence-corrected chi connectivity index (χ4v) is 3.95. The average molecular weight is 492 g/mol. The van der Waals surface area contributed by atoms with E-state index in [4.69, 9.17) is 4.74 Å². The van der Waals surface area contributed by atoms with Gasteiger partial charge in [0.05, 0.1) is 16.9 Å². The number of carbonyl (C=O) groups excluding carboxylic acids is 1. The minimum absolute atomic E-state index is 0.0151. The van der Waals surface area contributed by atoms with Crippen LogP contribution in [-0.4, -0.2) is 39.7 Å². The van der Waals surface area contributed by atoms with Crippen molar-refractivity contribution >= 4 is 11.6 Å². The Morgan fingerprint density at radius 1 is 1.09 bits per heavy atom. The summed E-state index contributed by atoms with van der Waals surface area (Å²) in [5, 5.41) is 2.54. The highest BCUT2D eigenvalue weighted by molar-refractivity contribution is 6.06. The van der Waals surface area contributed by atoms with Crippen molar-refractivity contribution < 1.29 is 31.5 Å². The predicted molar refractivity (Wildman–Crippen MR) is 117 cm³/mol. The Balaban J connectivity index is 1.82. The number of alkyl halides is 3. The number of nitrogens with one attached hydrogen (secondary N) is 1. The van der Waals surface area contributed by atoms with E-state index in [2.05, 4.69) is 20.3 Å². The zero-order valence-corrected chi connectivity index (χ0v) is 18.7. The molecule has 0 saturated carbocycles. The van der Waals surface area contributed by atoms with E-state index in [-0.39, 0.29) is 47.0 Å². The smallest absolute Gasteiger partial charge is 0.368 e. The van der Waals surface area contributed by atoms with E-state index in [0.29, 0.717) is 5.82 Å². The molecular weight excluding hydrogens is 471 g/mol. The van der Waals surface area contributed by atoms with Crippen LogP contribution in [-0.2, 0) is 4.74 Å². The van der Waals surface area contributed by atoms with E-state index in [1.54, 1.807) is 0 Å². The molecule has 3 heterocycles. The molecule has 4 rings (SSSR count). The minimum atomic E-state index is -4.69. The third kappa shape index (κ3) is 5.14. The van der Waals surface area contributed by atoms with Gasteiger partial charge in [-0.05, 0) is 30.7 Å². The lowest BCUT2D eigenvalue weighted by molar-refractivity contribution is -0.210. The van der Waals surface area contributed by atoms with Gasteiger partial charge < -0.3 is 10.1 Å². The molecule has 3 aromatic rings. The molecule has 11 heteroatoms. The number of rotatable bonds is 5. The summed E-state index contributed by atoms with van der Waals surface area (Å²) < 4.78 is 74.4. The highest BCUT2D eigenvalue weighted by Crippen LogP contribution is 2.44. The monoisotopic (exact) mass is 492 g/mol. The molecule has 0 aliphatic carbocycles. The van der Waals surface area contributed by atoms with Crippen LogP contribution >= 0.6 is 0 Å². The van der Waals surface area contributed by atoms with Crippen molar-refractivity contribution in [3.63, 3.8) is 0 Å². The fourth-order valence-electron chi connectivity index (χ4n) is 3.95. The summed E-state index contributed by atoms with van der Waals surface area (Å²) in [6.07, 6.45) is -3.11. The molecule has 0 radical (unpaired) electrons. The first-order valence-corrected chi connectivity index (χ1v) is 10.8. The lowest BCUT2D eigenvalue weighted by atomic mass is 9.91. The molecule has 1 aliphatic rings. The van der Waals surface area contributed by atoms with Gasteiger partial charge in [0.25, 0.3) is 5.91 Å². The molecule has 6 nitrogen and oxygen atoms in total. The molecule has 2 atom stereocenters. The van der Waals surface area contributed by atoms with Gasteiger partial charge in [-0.3, -0.25) is 9.78 Å². The molecule has 0 unspecified atom stereocenters. The summed E-state index contributed by atoms with van der Waals surface area (Å²) in [4.78, 5) is 25.4.